The summed E-state index contributed by atoms with van der Waals surface area (Å²) in [6, 6.07) is 1.88. The first-order chi connectivity index (χ1) is 8.74. The third-order valence-corrected chi connectivity index (χ3v) is 3.07. The van der Waals surface area contributed by atoms with Crippen molar-refractivity contribution in [2.45, 2.75) is 25.3 Å². The summed E-state index contributed by atoms with van der Waals surface area (Å²) in [4.78, 5) is 10.3. The van der Waals surface area contributed by atoms with Crippen LogP contribution in [0.1, 0.15) is 30.0 Å². The fourth-order valence-electron chi connectivity index (χ4n) is 2.12. The van der Waals surface area contributed by atoms with Crippen LogP contribution >= 0.6 is 0 Å². The second kappa shape index (κ2) is 4.49. The summed E-state index contributed by atoms with van der Waals surface area (Å²) < 4.78 is 1.87. The van der Waals surface area contributed by atoms with Crippen LogP contribution in [0, 0.1) is 0 Å². The van der Waals surface area contributed by atoms with Gasteiger partial charge in [-0.3, -0.25) is 0 Å². The maximum atomic E-state index is 4.70. The highest BCUT2D eigenvalue weighted by Gasteiger charge is 2.29. The van der Waals surface area contributed by atoms with Crippen LogP contribution in [0.4, 0.5) is 0 Å². The second-order valence-corrected chi connectivity index (χ2v) is 5.06. The van der Waals surface area contributed by atoms with Crippen molar-refractivity contribution >= 4 is 0 Å². The van der Waals surface area contributed by atoms with E-state index in [1.54, 1.807) is 12.5 Å². The van der Waals surface area contributed by atoms with E-state index in [0.29, 0.717) is 5.92 Å². The van der Waals surface area contributed by atoms with Crippen molar-refractivity contribution in [2.24, 2.45) is 0 Å². The Morgan fingerprint density at radius 3 is 2.83 bits per heavy atom. The first kappa shape index (κ1) is 11.3. The summed E-state index contributed by atoms with van der Waals surface area (Å²) >= 11 is 0. The molecule has 0 aliphatic heterocycles. The van der Waals surface area contributed by atoms with Crippen LogP contribution in [0.3, 0.4) is 0 Å². The van der Waals surface area contributed by atoms with Crippen LogP contribution in [0.25, 0.3) is 5.82 Å². The van der Waals surface area contributed by atoms with Crippen LogP contribution in [-0.2, 0) is 6.54 Å². The lowest BCUT2D eigenvalue weighted by atomic mass is 10.2. The first-order valence-electron chi connectivity index (χ1n) is 6.23. The first-order valence-corrected chi connectivity index (χ1v) is 6.23. The molecule has 1 fully saturated rings. The van der Waals surface area contributed by atoms with E-state index in [1.807, 2.05) is 10.7 Å². The Hall–Kier alpha value is -1.75. The SMILES string of the molecule is CN(C)Cc1cn(-c2ccncn2)nc1C1CC1. The standard InChI is InChI=1S/C13H17N5/c1-17(2)7-11-8-18(12-5-6-14-9-15-12)16-13(11)10-3-4-10/h5-6,8-10H,3-4,7H2,1-2H3. The van der Waals surface area contributed by atoms with Crippen molar-refractivity contribution < 1.29 is 0 Å². The van der Waals surface area contributed by atoms with Crippen LogP contribution in [0.5, 0.6) is 0 Å². The summed E-state index contributed by atoms with van der Waals surface area (Å²) in [5.41, 5.74) is 2.54. The highest BCUT2D eigenvalue weighted by atomic mass is 15.3. The number of rotatable bonds is 4. The van der Waals surface area contributed by atoms with Crippen molar-refractivity contribution in [1.29, 1.82) is 0 Å². The molecule has 0 bridgehead atoms. The number of aromatic nitrogens is 4. The zero-order valence-corrected chi connectivity index (χ0v) is 10.7. The van der Waals surface area contributed by atoms with Gasteiger partial charge in [-0.1, -0.05) is 0 Å². The molecule has 94 valence electrons. The lowest BCUT2D eigenvalue weighted by Crippen LogP contribution is -2.11. The lowest BCUT2D eigenvalue weighted by molar-refractivity contribution is 0.401. The van der Waals surface area contributed by atoms with Gasteiger partial charge in [-0.2, -0.15) is 5.10 Å². The lowest BCUT2D eigenvalue weighted by Gasteiger charge is -2.08. The molecule has 1 aliphatic rings. The zero-order chi connectivity index (χ0) is 12.5. The van der Waals surface area contributed by atoms with Crippen molar-refractivity contribution in [3.8, 4) is 5.82 Å². The van der Waals surface area contributed by atoms with Gasteiger partial charge < -0.3 is 4.90 Å². The molecule has 0 N–H and O–H groups in total. The largest absolute Gasteiger partial charge is 0.305 e. The smallest absolute Gasteiger partial charge is 0.156 e. The third-order valence-electron chi connectivity index (χ3n) is 3.07. The number of hydrogen-bond donors (Lipinski definition) is 0. The maximum Gasteiger partial charge on any atom is 0.156 e. The van der Waals surface area contributed by atoms with E-state index in [0.717, 1.165) is 12.4 Å². The molecule has 0 atom stereocenters. The predicted octanol–water partition coefficient (Wildman–Crippen LogP) is 1.60. The van der Waals surface area contributed by atoms with Gasteiger partial charge in [-0.15, -0.1) is 0 Å². The minimum atomic E-state index is 0.656. The van der Waals surface area contributed by atoms with Gasteiger partial charge in [0.15, 0.2) is 5.82 Å². The molecule has 0 spiro atoms. The van der Waals surface area contributed by atoms with Crippen molar-refractivity contribution in [3.05, 3.63) is 36.0 Å². The van der Waals surface area contributed by atoms with Crippen LogP contribution in [0.15, 0.2) is 24.8 Å². The summed E-state index contributed by atoms with van der Waals surface area (Å²) in [5.74, 6) is 1.49. The average Bonchev–Trinajstić information content (AvgIpc) is 3.12. The van der Waals surface area contributed by atoms with E-state index >= 15 is 0 Å². The number of hydrogen-bond acceptors (Lipinski definition) is 4. The van der Waals surface area contributed by atoms with Gasteiger partial charge in [0, 0.05) is 36.5 Å². The van der Waals surface area contributed by atoms with Gasteiger partial charge in [0.1, 0.15) is 6.33 Å². The van der Waals surface area contributed by atoms with E-state index in [9.17, 15) is 0 Å². The molecule has 5 heteroatoms. The topological polar surface area (TPSA) is 46.8 Å². The Balaban J connectivity index is 1.96. The Bertz CT molecular complexity index is 528. The van der Waals surface area contributed by atoms with Crippen LogP contribution in [0.2, 0.25) is 0 Å². The zero-order valence-electron chi connectivity index (χ0n) is 10.7. The van der Waals surface area contributed by atoms with Crippen molar-refractivity contribution in [3.63, 3.8) is 0 Å². The predicted molar refractivity (Wildman–Crippen MR) is 68.5 cm³/mol. The minimum absolute atomic E-state index is 0.656. The van der Waals surface area contributed by atoms with Gasteiger partial charge in [-0.05, 0) is 26.9 Å². The van der Waals surface area contributed by atoms with E-state index in [2.05, 4.69) is 35.2 Å². The molecule has 0 saturated heterocycles. The van der Waals surface area contributed by atoms with Crippen molar-refractivity contribution in [2.75, 3.05) is 14.1 Å². The molecule has 0 unspecified atom stereocenters. The molecule has 1 aliphatic carbocycles. The molecule has 3 rings (SSSR count). The van der Waals surface area contributed by atoms with E-state index < -0.39 is 0 Å². The van der Waals surface area contributed by atoms with Gasteiger partial charge >= 0.3 is 0 Å². The fourth-order valence-corrected chi connectivity index (χ4v) is 2.12. The second-order valence-electron chi connectivity index (χ2n) is 5.06. The maximum absolute atomic E-state index is 4.70. The Morgan fingerprint density at radius 2 is 2.22 bits per heavy atom. The molecule has 0 radical (unpaired) electrons. The molecule has 0 aromatic carbocycles. The fraction of sp³-hybridized carbons (Fsp3) is 0.462. The van der Waals surface area contributed by atoms with Gasteiger partial charge in [0.25, 0.3) is 0 Å². The monoisotopic (exact) mass is 243 g/mol. The van der Waals surface area contributed by atoms with E-state index in [1.165, 1.54) is 24.1 Å². The minimum Gasteiger partial charge on any atom is -0.305 e. The summed E-state index contributed by atoms with van der Waals surface area (Å²) in [6.45, 7) is 0.927. The molecule has 5 nitrogen and oxygen atoms in total. The quantitative estimate of drug-likeness (QED) is 0.818. The molecule has 18 heavy (non-hydrogen) atoms. The van der Waals surface area contributed by atoms with E-state index in [-0.39, 0.29) is 0 Å². The molecular weight excluding hydrogens is 226 g/mol. The van der Waals surface area contributed by atoms with Crippen LogP contribution in [-0.4, -0.2) is 38.7 Å². The Labute approximate surface area is 106 Å². The summed E-state index contributed by atoms with van der Waals surface area (Å²) in [6.07, 6.45) is 7.92. The van der Waals surface area contributed by atoms with Gasteiger partial charge in [0.05, 0.1) is 5.69 Å². The third kappa shape index (κ3) is 2.26. The average molecular weight is 243 g/mol. The summed E-state index contributed by atoms with van der Waals surface area (Å²) in [5, 5.41) is 4.70. The molecule has 2 aromatic rings. The normalized spacial score (nSPS) is 15.3. The van der Waals surface area contributed by atoms with Gasteiger partial charge in [-0.25, -0.2) is 14.6 Å². The Kier molecular flexibility index (Phi) is 2.83. The Morgan fingerprint density at radius 1 is 1.39 bits per heavy atom. The van der Waals surface area contributed by atoms with Crippen molar-refractivity contribution in [1.82, 2.24) is 24.6 Å². The van der Waals surface area contributed by atoms with Gasteiger partial charge in [0.2, 0.25) is 0 Å². The highest BCUT2D eigenvalue weighted by molar-refractivity contribution is 5.29. The highest BCUT2D eigenvalue weighted by Crippen LogP contribution is 2.41. The molecule has 2 aromatic heterocycles. The summed E-state index contributed by atoms with van der Waals surface area (Å²) in [7, 11) is 4.16. The molecule has 0 amide bonds. The number of nitrogens with zero attached hydrogens (tertiary/aromatic N) is 5. The molecule has 1 saturated carbocycles. The molecular formula is C13H17N5. The van der Waals surface area contributed by atoms with E-state index in [4.69, 9.17) is 5.10 Å². The molecule has 2 heterocycles. The van der Waals surface area contributed by atoms with Crippen LogP contribution < -0.4 is 0 Å².